The number of imidazole rings is 1. The van der Waals surface area contributed by atoms with Crippen molar-refractivity contribution >= 4 is 70.1 Å². The van der Waals surface area contributed by atoms with Crippen LogP contribution in [-0.4, -0.2) is 135 Å². The van der Waals surface area contributed by atoms with Crippen LogP contribution in [0.5, 0.6) is 0 Å². The number of aryl methyl sites for hydroxylation is 1. The lowest BCUT2D eigenvalue weighted by Gasteiger charge is -2.28. The molecule has 76 heavy (non-hydrogen) atoms. The monoisotopic (exact) mass is 1060 g/mol. The van der Waals surface area contributed by atoms with Crippen LogP contribution < -0.4 is 60.2 Å². The number of aromatic amines is 2. The van der Waals surface area contributed by atoms with Gasteiger partial charge in [-0.05, 0) is 74.8 Å². The van der Waals surface area contributed by atoms with E-state index in [9.17, 15) is 48.3 Å². The van der Waals surface area contributed by atoms with Gasteiger partial charge in [0.2, 0.25) is 47.3 Å². The number of unbranched alkanes of at least 4 members (excludes halogenated alkanes) is 2. The van der Waals surface area contributed by atoms with Crippen molar-refractivity contribution in [1.82, 2.24) is 52.2 Å². The van der Waals surface area contributed by atoms with Crippen LogP contribution in [0, 0.1) is 6.92 Å². The van der Waals surface area contributed by atoms with Crippen LogP contribution in [0.15, 0.2) is 72.2 Å². The van der Waals surface area contributed by atoms with E-state index in [0.29, 0.717) is 42.6 Å². The molecule has 0 saturated heterocycles. The number of carbonyl (C=O) groups is 9. The number of aromatic nitrogens is 3. The first-order valence-corrected chi connectivity index (χ1v) is 25.2. The van der Waals surface area contributed by atoms with E-state index in [-0.39, 0.29) is 57.5 Å². The van der Waals surface area contributed by atoms with E-state index >= 15 is 0 Å². The molecule has 2 heterocycles. The topological polar surface area (TPSA) is 419 Å². The number of nitrogens with one attached hydrogen (secondary N) is 9. The number of nitrogens with zero attached hydrogens (tertiary/aromatic N) is 2. The van der Waals surface area contributed by atoms with Gasteiger partial charge in [0.1, 0.15) is 36.3 Å². The molecule has 0 aliphatic heterocycles. The highest BCUT2D eigenvalue weighted by molar-refractivity contribution is 6.00. The van der Waals surface area contributed by atoms with Gasteiger partial charge in [-0.3, -0.25) is 53.5 Å². The second kappa shape index (κ2) is 30.9. The van der Waals surface area contributed by atoms with Crippen molar-refractivity contribution in [2.24, 2.45) is 27.9 Å². The molecule has 0 bridgehead atoms. The number of hydrogen-bond acceptors (Lipinski definition) is 13. The molecule has 0 radical (unpaired) electrons. The van der Waals surface area contributed by atoms with Gasteiger partial charge < -0.3 is 69.9 Å². The Hall–Kier alpha value is -8.19. The van der Waals surface area contributed by atoms with E-state index in [0.717, 1.165) is 29.8 Å². The van der Waals surface area contributed by atoms with Gasteiger partial charge in [-0.15, -0.1) is 0 Å². The highest BCUT2D eigenvalue weighted by atomic mass is 16.4. The molecule has 18 N–H and O–H groups in total. The predicted octanol–water partition coefficient (Wildman–Crippen LogP) is -1.03. The number of aliphatic carboxylic acids is 1. The average Bonchev–Trinajstić information content (AvgIpc) is 4.04. The number of imide groups is 1. The Morgan fingerprint density at radius 2 is 1.25 bits per heavy atom. The molecule has 0 spiro atoms. The fourth-order valence-corrected chi connectivity index (χ4v) is 8.16. The Kier molecular flexibility index (Phi) is 24.5. The van der Waals surface area contributed by atoms with Crippen molar-refractivity contribution < 1.29 is 48.3 Å². The Labute approximate surface area is 440 Å². The highest BCUT2D eigenvalue weighted by Crippen LogP contribution is 2.21. The molecule has 0 unspecified atom stereocenters. The molecular formula is C51H73N15O10. The fourth-order valence-electron chi connectivity index (χ4n) is 8.16. The van der Waals surface area contributed by atoms with Crippen molar-refractivity contribution in [2.75, 3.05) is 13.1 Å². The third kappa shape index (κ3) is 20.3. The number of rotatable bonds is 32. The molecule has 412 valence electrons. The zero-order chi connectivity index (χ0) is 55.7. The molecule has 4 rings (SSSR count). The number of carboxylic acids is 1. The Morgan fingerprint density at radius 1 is 0.671 bits per heavy atom. The molecule has 0 aliphatic carbocycles. The molecule has 2 aromatic heterocycles. The van der Waals surface area contributed by atoms with E-state index in [2.05, 4.69) is 57.2 Å². The first kappa shape index (κ1) is 60.4. The molecule has 4 aromatic rings. The zero-order valence-corrected chi connectivity index (χ0v) is 43.1. The van der Waals surface area contributed by atoms with Gasteiger partial charge in [-0.1, -0.05) is 62.2 Å². The summed E-state index contributed by atoms with van der Waals surface area (Å²) < 4.78 is 0. The lowest BCUT2D eigenvalue weighted by atomic mass is 10.0. The molecule has 0 aliphatic rings. The standard InChI is InChI=1S/C51H73N15O10/c1-4-5-14-35(53)44(70)63-42(25-43(68)69)50(76)66-41(24-33-27-56-28-59-33)49(75)64-39(22-31-12-7-6-8-13-31)47(73)62-37(16-11-20-57-51(54)55)46(72)65-40(23-32-26-58-38-21-29(2)17-18-34(32)38)48(74)61-36(15-9-10-19-52)45(71)60-30(3)67/h6-8,12-13,17-18,21,26-28,35-37,39-42,58H,4-5,9-11,14-16,19-20,22-25,52-53H2,1-3H3,(H,56,59)(H,61,74)(H,62,73)(H,63,70)(H,64,75)(H,65,72)(H,66,76)(H,68,69)(H4,54,55,57)(H,60,67,71)/t35-,36-,37-,39-,40-,41-,42-/m0/s1. The second-order valence-electron chi connectivity index (χ2n) is 18.5. The summed E-state index contributed by atoms with van der Waals surface area (Å²) in [5.74, 6) is -8.23. The highest BCUT2D eigenvalue weighted by Gasteiger charge is 2.35. The van der Waals surface area contributed by atoms with Crippen LogP contribution >= 0.6 is 0 Å². The molecule has 8 amide bonds. The minimum Gasteiger partial charge on any atom is -0.481 e. The number of carbonyl (C=O) groups excluding carboxylic acids is 8. The molecule has 0 saturated carbocycles. The summed E-state index contributed by atoms with van der Waals surface area (Å²) in [4.78, 5) is 136. The number of guanidine groups is 1. The first-order valence-electron chi connectivity index (χ1n) is 25.2. The number of hydrogen-bond donors (Lipinski definition) is 14. The summed E-state index contributed by atoms with van der Waals surface area (Å²) >= 11 is 0. The van der Waals surface area contributed by atoms with Crippen LogP contribution in [-0.2, 0) is 62.4 Å². The Bertz CT molecular complexity index is 2620. The van der Waals surface area contributed by atoms with Gasteiger partial charge in [0.05, 0.1) is 18.8 Å². The minimum absolute atomic E-state index is 0.0313. The summed E-state index contributed by atoms with van der Waals surface area (Å²) in [7, 11) is 0. The minimum atomic E-state index is -1.65. The van der Waals surface area contributed by atoms with Crippen LogP contribution in [0.2, 0.25) is 0 Å². The van der Waals surface area contributed by atoms with Gasteiger partial charge in [-0.2, -0.15) is 0 Å². The summed E-state index contributed by atoms with van der Waals surface area (Å²) in [5.41, 5.74) is 26.2. The van der Waals surface area contributed by atoms with E-state index in [1.807, 2.05) is 32.0 Å². The normalized spacial score (nSPS) is 13.8. The summed E-state index contributed by atoms with van der Waals surface area (Å²) in [6.45, 7) is 5.31. The third-order valence-electron chi connectivity index (χ3n) is 12.2. The quantitative estimate of drug-likeness (QED) is 0.0158. The van der Waals surface area contributed by atoms with Crippen LogP contribution in [0.25, 0.3) is 10.9 Å². The van der Waals surface area contributed by atoms with E-state index in [4.69, 9.17) is 22.9 Å². The molecule has 25 heteroatoms. The fraction of sp³-hybridized carbons (Fsp3) is 0.471. The van der Waals surface area contributed by atoms with Crippen molar-refractivity contribution in [3.8, 4) is 0 Å². The number of benzene rings is 2. The van der Waals surface area contributed by atoms with Crippen molar-refractivity contribution in [1.29, 1.82) is 0 Å². The Morgan fingerprint density at radius 3 is 1.84 bits per heavy atom. The van der Waals surface area contributed by atoms with E-state index < -0.39 is 102 Å². The summed E-state index contributed by atoms with van der Waals surface area (Å²) in [6.07, 6.45) is 5.80. The van der Waals surface area contributed by atoms with Gasteiger partial charge in [0.25, 0.3) is 0 Å². The third-order valence-corrected chi connectivity index (χ3v) is 12.2. The molecule has 0 fully saturated rings. The lowest BCUT2D eigenvalue weighted by Crippen LogP contribution is -2.61. The zero-order valence-electron chi connectivity index (χ0n) is 43.1. The maximum atomic E-state index is 14.7. The summed E-state index contributed by atoms with van der Waals surface area (Å²) in [5, 5.41) is 28.5. The molecular weight excluding hydrogens is 983 g/mol. The van der Waals surface area contributed by atoms with Gasteiger partial charge in [-0.25, -0.2) is 4.98 Å². The van der Waals surface area contributed by atoms with Crippen LogP contribution in [0.3, 0.4) is 0 Å². The average molecular weight is 1060 g/mol. The number of fused-ring (bicyclic) bond motifs is 1. The largest absolute Gasteiger partial charge is 0.481 e. The van der Waals surface area contributed by atoms with Gasteiger partial charge in [0.15, 0.2) is 5.96 Å². The molecule has 2 aromatic carbocycles. The number of aliphatic imine (C=N–C) groups is 1. The molecule has 7 atom stereocenters. The summed E-state index contributed by atoms with van der Waals surface area (Å²) in [6, 6.07) is 4.63. The van der Waals surface area contributed by atoms with Crippen molar-refractivity contribution in [3.05, 3.63) is 89.6 Å². The van der Waals surface area contributed by atoms with E-state index in [1.54, 1.807) is 36.5 Å². The van der Waals surface area contributed by atoms with Crippen molar-refractivity contribution in [2.45, 2.75) is 140 Å². The smallest absolute Gasteiger partial charge is 0.305 e. The maximum Gasteiger partial charge on any atom is 0.305 e. The lowest BCUT2D eigenvalue weighted by molar-refractivity contribution is -0.141. The van der Waals surface area contributed by atoms with E-state index in [1.165, 1.54) is 12.5 Å². The first-order chi connectivity index (χ1) is 36.3. The SMILES string of the molecule is CCCC[C@H](N)C(=O)N[C@@H](CC(=O)O)C(=O)N[C@@H](Cc1cnc[nH]1)C(=O)N[C@@H](Cc1ccccc1)C(=O)N[C@@H](CCCN=C(N)N)C(=O)N[C@@H](Cc1c[nH]c2cc(C)ccc12)C(=O)N[C@@H](CCCCN)C(=O)NC(C)=O. The Balaban J connectivity index is 1.70. The van der Waals surface area contributed by atoms with Crippen LogP contribution in [0.4, 0.5) is 0 Å². The second-order valence-corrected chi connectivity index (χ2v) is 18.5. The number of carboxylic acid groups (broad SMARTS) is 1. The maximum absolute atomic E-state index is 14.7. The van der Waals surface area contributed by atoms with Gasteiger partial charge in [0, 0.05) is 61.7 Å². The molecule has 25 nitrogen and oxygen atoms in total. The number of H-pyrrole nitrogens is 2. The number of nitrogens with two attached hydrogens (primary N) is 4. The number of amides is 8. The van der Waals surface area contributed by atoms with Crippen LogP contribution in [0.1, 0.15) is 94.0 Å². The van der Waals surface area contributed by atoms with Gasteiger partial charge >= 0.3 is 5.97 Å². The van der Waals surface area contributed by atoms with Crippen molar-refractivity contribution in [3.63, 3.8) is 0 Å². The predicted molar refractivity (Wildman–Crippen MR) is 282 cm³/mol.